The zero-order chi connectivity index (χ0) is 18.1. The molecule has 1 atom stereocenters. The van der Waals surface area contributed by atoms with Crippen molar-refractivity contribution in [3.63, 3.8) is 0 Å². The number of benzene rings is 2. The summed E-state index contributed by atoms with van der Waals surface area (Å²) >= 11 is 0. The first-order valence-electron chi connectivity index (χ1n) is 8.27. The number of aromatic nitrogens is 3. The Morgan fingerprint density at radius 1 is 1.19 bits per heavy atom. The fraction of sp³-hybridized carbons (Fsp3) is 0.222. The maximum Gasteiger partial charge on any atom is 0.249 e. The third kappa shape index (κ3) is 2.90. The van der Waals surface area contributed by atoms with E-state index in [9.17, 15) is 14.0 Å². The summed E-state index contributed by atoms with van der Waals surface area (Å²) < 4.78 is 15.4. The first-order valence-corrected chi connectivity index (χ1v) is 8.27. The van der Waals surface area contributed by atoms with Gasteiger partial charge in [-0.25, -0.2) is 9.07 Å². The van der Waals surface area contributed by atoms with Gasteiger partial charge in [0.05, 0.1) is 11.2 Å². The number of rotatable bonds is 4. The number of hydrogen-bond acceptors (Lipinski definition) is 4. The number of anilines is 1. The lowest BCUT2D eigenvalue weighted by Gasteiger charge is -2.17. The number of hydrogen-bond donors (Lipinski definition) is 1. The fourth-order valence-electron chi connectivity index (χ4n) is 3.13. The van der Waals surface area contributed by atoms with Gasteiger partial charge in [0.25, 0.3) is 0 Å². The van der Waals surface area contributed by atoms with Crippen LogP contribution in [0.4, 0.5) is 10.1 Å². The lowest BCUT2D eigenvalue weighted by atomic mass is 10.2. The topological polar surface area (TPSA) is 80.1 Å². The van der Waals surface area contributed by atoms with Crippen LogP contribution in [0.1, 0.15) is 6.42 Å². The monoisotopic (exact) mass is 353 g/mol. The van der Waals surface area contributed by atoms with Gasteiger partial charge in [0, 0.05) is 6.54 Å². The Kier molecular flexibility index (Phi) is 4.08. The number of halogens is 1. The Hall–Kier alpha value is -3.29. The molecule has 0 aliphatic carbocycles. The Morgan fingerprint density at radius 2 is 1.96 bits per heavy atom. The molecular formula is C18H16FN5O2. The third-order valence-corrected chi connectivity index (χ3v) is 4.40. The van der Waals surface area contributed by atoms with Crippen molar-refractivity contribution < 1.29 is 14.0 Å². The minimum atomic E-state index is -0.670. The van der Waals surface area contributed by atoms with Gasteiger partial charge in [0.2, 0.25) is 11.8 Å². The van der Waals surface area contributed by atoms with Crippen LogP contribution in [-0.4, -0.2) is 39.4 Å². The average Bonchev–Trinajstić information content (AvgIpc) is 3.20. The molecule has 8 heteroatoms. The highest BCUT2D eigenvalue weighted by atomic mass is 19.1. The van der Waals surface area contributed by atoms with Crippen LogP contribution in [0.3, 0.4) is 0 Å². The Bertz CT molecular complexity index is 986. The Balaban J connectivity index is 1.44. The van der Waals surface area contributed by atoms with Crippen molar-refractivity contribution >= 4 is 28.5 Å². The second kappa shape index (κ2) is 6.55. The van der Waals surface area contributed by atoms with Gasteiger partial charge in [0.1, 0.15) is 23.9 Å². The summed E-state index contributed by atoms with van der Waals surface area (Å²) in [7, 11) is 0. The zero-order valence-electron chi connectivity index (χ0n) is 13.8. The number of nitrogens with zero attached hydrogens (tertiary/aromatic N) is 4. The van der Waals surface area contributed by atoms with E-state index >= 15 is 0 Å². The second-order valence-corrected chi connectivity index (χ2v) is 6.09. The summed E-state index contributed by atoms with van der Waals surface area (Å²) in [5.74, 6) is -1.11. The van der Waals surface area contributed by atoms with E-state index in [2.05, 4.69) is 15.6 Å². The summed E-state index contributed by atoms with van der Waals surface area (Å²) in [5.41, 5.74) is 1.67. The molecule has 0 radical (unpaired) electrons. The van der Waals surface area contributed by atoms with Crippen LogP contribution in [0.15, 0.2) is 48.5 Å². The van der Waals surface area contributed by atoms with Gasteiger partial charge in [-0.15, -0.1) is 5.10 Å². The maximum absolute atomic E-state index is 13.9. The molecule has 1 fully saturated rings. The minimum absolute atomic E-state index is 0.0377. The van der Waals surface area contributed by atoms with E-state index in [1.165, 1.54) is 15.6 Å². The van der Waals surface area contributed by atoms with Crippen LogP contribution in [0.25, 0.3) is 11.0 Å². The number of carbonyl (C=O) groups excluding carboxylic acids is 2. The van der Waals surface area contributed by atoms with Crippen LogP contribution in [0, 0.1) is 5.82 Å². The highest BCUT2D eigenvalue weighted by Crippen LogP contribution is 2.24. The van der Waals surface area contributed by atoms with E-state index in [0.29, 0.717) is 18.5 Å². The van der Waals surface area contributed by atoms with Gasteiger partial charge in [-0.1, -0.05) is 29.5 Å². The molecule has 0 saturated carbocycles. The molecule has 3 aromatic rings. The lowest BCUT2D eigenvalue weighted by molar-refractivity contribution is -0.126. The largest absolute Gasteiger partial charge is 0.343 e. The molecule has 26 heavy (non-hydrogen) atoms. The van der Waals surface area contributed by atoms with Crippen molar-refractivity contribution in [1.29, 1.82) is 0 Å². The quantitative estimate of drug-likeness (QED) is 0.771. The van der Waals surface area contributed by atoms with Crippen molar-refractivity contribution in [2.75, 3.05) is 11.4 Å². The maximum atomic E-state index is 13.9. The van der Waals surface area contributed by atoms with Crippen LogP contribution < -0.4 is 10.2 Å². The molecule has 1 aliphatic heterocycles. The molecule has 1 unspecified atom stereocenters. The number of carbonyl (C=O) groups is 2. The van der Waals surface area contributed by atoms with Crippen molar-refractivity contribution in [1.82, 2.24) is 20.3 Å². The molecule has 1 aromatic heterocycles. The molecule has 1 N–H and O–H groups in total. The number of para-hydroxylation sites is 2. The van der Waals surface area contributed by atoms with Crippen LogP contribution in [0.5, 0.6) is 0 Å². The van der Waals surface area contributed by atoms with Crippen molar-refractivity contribution in [3.8, 4) is 0 Å². The normalized spacial score (nSPS) is 17.0. The molecule has 0 bridgehead atoms. The second-order valence-electron chi connectivity index (χ2n) is 6.09. The molecule has 4 rings (SSSR count). The molecule has 2 heterocycles. The van der Waals surface area contributed by atoms with Crippen molar-refractivity contribution in [3.05, 3.63) is 54.3 Å². The predicted octanol–water partition coefficient (Wildman–Crippen LogP) is 1.49. The summed E-state index contributed by atoms with van der Waals surface area (Å²) in [6.45, 7) is 0.320. The SMILES string of the molecule is O=C(Cn1nnc2ccccc21)NC1CCN(c2ccccc2F)C1=O. The fourth-order valence-corrected chi connectivity index (χ4v) is 3.13. The molecular weight excluding hydrogens is 337 g/mol. The number of fused-ring (bicyclic) bond motifs is 1. The average molecular weight is 353 g/mol. The van der Waals surface area contributed by atoms with Crippen LogP contribution in [-0.2, 0) is 16.1 Å². The zero-order valence-corrected chi connectivity index (χ0v) is 13.8. The van der Waals surface area contributed by atoms with Crippen LogP contribution in [0.2, 0.25) is 0 Å². The first-order chi connectivity index (χ1) is 12.6. The minimum Gasteiger partial charge on any atom is -0.343 e. The molecule has 7 nitrogen and oxygen atoms in total. The van der Waals surface area contributed by atoms with Gasteiger partial charge in [-0.3, -0.25) is 9.59 Å². The summed E-state index contributed by atoms with van der Waals surface area (Å²) in [6, 6.07) is 12.8. The van der Waals surface area contributed by atoms with E-state index in [1.807, 2.05) is 24.3 Å². The van der Waals surface area contributed by atoms with Crippen molar-refractivity contribution in [2.45, 2.75) is 19.0 Å². The highest BCUT2D eigenvalue weighted by molar-refractivity contribution is 6.01. The lowest BCUT2D eigenvalue weighted by Crippen LogP contribution is -2.43. The van der Waals surface area contributed by atoms with E-state index in [1.54, 1.807) is 18.2 Å². The molecule has 1 aliphatic rings. The van der Waals surface area contributed by atoms with Gasteiger partial charge < -0.3 is 10.2 Å². The Labute approximate surface area is 148 Å². The third-order valence-electron chi connectivity index (χ3n) is 4.40. The van der Waals surface area contributed by atoms with E-state index in [0.717, 1.165) is 5.52 Å². The number of nitrogens with one attached hydrogen (secondary N) is 1. The van der Waals surface area contributed by atoms with Crippen LogP contribution >= 0.6 is 0 Å². The van der Waals surface area contributed by atoms with E-state index in [4.69, 9.17) is 0 Å². The molecule has 132 valence electrons. The molecule has 2 aromatic carbocycles. The molecule has 1 saturated heterocycles. The van der Waals surface area contributed by atoms with Gasteiger partial charge in [-0.05, 0) is 30.7 Å². The van der Waals surface area contributed by atoms with Gasteiger partial charge in [-0.2, -0.15) is 0 Å². The standard InChI is InChI=1S/C18H16FN5O2/c19-12-5-1-3-7-15(12)23-10-9-14(18(23)26)20-17(25)11-24-16-8-4-2-6-13(16)21-22-24/h1-8,14H,9-11H2,(H,20,25). The summed E-state index contributed by atoms with van der Waals surface area (Å²) in [5, 5.41) is 10.7. The van der Waals surface area contributed by atoms with E-state index in [-0.39, 0.29) is 24.0 Å². The predicted molar refractivity (Wildman–Crippen MR) is 92.8 cm³/mol. The van der Waals surface area contributed by atoms with Crippen molar-refractivity contribution in [2.24, 2.45) is 0 Å². The number of amides is 2. The summed E-state index contributed by atoms with van der Waals surface area (Å²) in [4.78, 5) is 26.2. The molecule has 2 amide bonds. The Morgan fingerprint density at radius 3 is 2.81 bits per heavy atom. The smallest absolute Gasteiger partial charge is 0.249 e. The highest BCUT2D eigenvalue weighted by Gasteiger charge is 2.34. The van der Waals surface area contributed by atoms with E-state index < -0.39 is 11.9 Å². The van der Waals surface area contributed by atoms with Gasteiger partial charge in [0.15, 0.2) is 0 Å². The van der Waals surface area contributed by atoms with Gasteiger partial charge >= 0.3 is 0 Å². The summed E-state index contributed by atoms with van der Waals surface area (Å²) in [6.07, 6.45) is 0.428. The first kappa shape index (κ1) is 16.2. The molecule has 0 spiro atoms.